The van der Waals surface area contributed by atoms with Crippen molar-refractivity contribution in [2.75, 3.05) is 86.7 Å². The molecule has 0 radical (unpaired) electrons. The molecular weight excluding hydrogens is 535 g/mol. The van der Waals surface area contributed by atoms with Crippen LogP contribution in [-0.2, 0) is 16.0 Å². The number of rotatable bonds is 6. The summed E-state index contributed by atoms with van der Waals surface area (Å²) in [4.78, 5) is 37.0. The smallest absolute Gasteiger partial charge is 0.253 e. The molecule has 2 heterocycles. The number of amides is 2. The van der Waals surface area contributed by atoms with Crippen LogP contribution in [0.2, 0.25) is 0 Å². The predicted molar refractivity (Wildman–Crippen MR) is 140 cm³/mol. The fourth-order valence-electron chi connectivity index (χ4n) is 3.99. The van der Waals surface area contributed by atoms with E-state index in [1.54, 1.807) is 26.0 Å². The number of halogens is 1. The van der Waals surface area contributed by atoms with Crippen molar-refractivity contribution in [2.24, 2.45) is 4.99 Å². The molecule has 184 valence electrons. The molecular formula is C23H37IN6O3. The predicted octanol–water partition coefficient (Wildman–Crippen LogP) is 0.601. The van der Waals surface area contributed by atoms with E-state index in [4.69, 9.17) is 4.74 Å². The minimum Gasteiger partial charge on any atom is -0.378 e. The summed E-state index contributed by atoms with van der Waals surface area (Å²) in [6.07, 6.45) is 0.807. The highest BCUT2D eigenvalue weighted by atomic mass is 127. The van der Waals surface area contributed by atoms with Crippen LogP contribution < -0.4 is 5.32 Å². The lowest BCUT2D eigenvalue weighted by atomic mass is 10.1. The zero-order valence-corrected chi connectivity index (χ0v) is 22.3. The molecule has 9 nitrogen and oxygen atoms in total. The van der Waals surface area contributed by atoms with Gasteiger partial charge in [-0.2, -0.15) is 0 Å². The molecule has 0 bridgehead atoms. The molecule has 0 saturated carbocycles. The van der Waals surface area contributed by atoms with Gasteiger partial charge in [-0.1, -0.05) is 12.1 Å². The highest BCUT2D eigenvalue weighted by molar-refractivity contribution is 14.0. The molecule has 1 aromatic carbocycles. The van der Waals surface area contributed by atoms with Gasteiger partial charge in [-0.25, -0.2) is 0 Å². The molecule has 10 heteroatoms. The molecule has 3 rings (SSSR count). The van der Waals surface area contributed by atoms with Crippen molar-refractivity contribution < 1.29 is 14.3 Å². The highest BCUT2D eigenvalue weighted by Crippen LogP contribution is 2.09. The van der Waals surface area contributed by atoms with Crippen LogP contribution in [0, 0.1) is 0 Å². The molecule has 2 aliphatic rings. The van der Waals surface area contributed by atoms with Crippen LogP contribution in [0.4, 0.5) is 0 Å². The van der Waals surface area contributed by atoms with Crippen molar-refractivity contribution in [2.45, 2.75) is 6.42 Å². The summed E-state index contributed by atoms with van der Waals surface area (Å²) in [5.74, 6) is 1.09. The molecule has 2 fully saturated rings. The minimum atomic E-state index is 0. The van der Waals surface area contributed by atoms with Crippen molar-refractivity contribution in [3.8, 4) is 0 Å². The van der Waals surface area contributed by atoms with Gasteiger partial charge in [0.15, 0.2) is 5.96 Å². The zero-order valence-electron chi connectivity index (χ0n) is 20.0. The van der Waals surface area contributed by atoms with E-state index < -0.39 is 0 Å². The van der Waals surface area contributed by atoms with E-state index in [9.17, 15) is 9.59 Å². The molecule has 0 atom stereocenters. The Bertz CT molecular complexity index is 805. The van der Waals surface area contributed by atoms with Gasteiger partial charge >= 0.3 is 0 Å². The summed E-state index contributed by atoms with van der Waals surface area (Å²) in [6, 6.07) is 7.78. The van der Waals surface area contributed by atoms with E-state index >= 15 is 0 Å². The Morgan fingerprint density at radius 1 is 1.06 bits per heavy atom. The van der Waals surface area contributed by atoms with Crippen molar-refractivity contribution in [3.05, 3.63) is 35.4 Å². The number of aliphatic imine (C=N–C) groups is 1. The third kappa shape index (κ3) is 8.11. The Hall–Kier alpha value is -1.92. The van der Waals surface area contributed by atoms with Gasteiger partial charge in [0.25, 0.3) is 5.91 Å². The molecule has 2 aliphatic heterocycles. The summed E-state index contributed by atoms with van der Waals surface area (Å²) in [5, 5.41) is 3.44. The van der Waals surface area contributed by atoms with Crippen LogP contribution in [0.5, 0.6) is 0 Å². The number of hydrogen-bond donors (Lipinski definition) is 1. The van der Waals surface area contributed by atoms with E-state index in [1.165, 1.54) is 0 Å². The van der Waals surface area contributed by atoms with Gasteiger partial charge in [0.2, 0.25) is 5.91 Å². The number of morpholine rings is 1. The van der Waals surface area contributed by atoms with Gasteiger partial charge < -0.3 is 24.8 Å². The van der Waals surface area contributed by atoms with Gasteiger partial charge in [0, 0.05) is 72.5 Å². The number of guanidine groups is 1. The number of nitrogens with zero attached hydrogens (tertiary/aromatic N) is 5. The number of piperazine rings is 1. The van der Waals surface area contributed by atoms with Crippen LogP contribution in [-0.4, -0.2) is 124 Å². The van der Waals surface area contributed by atoms with E-state index in [-0.39, 0.29) is 35.8 Å². The van der Waals surface area contributed by atoms with Gasteiger partial charge in [-0.3, -0.25) is 19.5 Å². The lowest BCUT2D eigenvalue weighted by Gasteiger charge is -2.37. The van der Waals surface area contributed by atoms with Crippen molar-refractivity contribution in [3.63, 3.8) is 0 Å². The van der Waals surface area contributed by atoms with E-state index in [0.29, 0.717) is 38.4 Å². The summed E-state index contributed by atoms with van der Waals surface area (Å²) < 4.78 is 5.33. The van der Waals surface area contributed by atoms with Crippen molar-refractivity contribution in [1.29, 1.82) is 0 Å². The molecule has 2 saturated heterocycles. The molecule has 1 N–H and O–H groups in total. The number of benzene rings is 1. The van der Waals surface area contributed by atoms with Crippen LogP contribution in [0.25, 0.3) is 0 Å². The number of ether oxygens (including phenoxy) is 1. The Balaban J connectivity index is 0.00000385. The lowest BCUT2D eigenvalue weighted by molar-refractivity contribution is -0.136. The SMILES string of the molecule is CN=C(NCCc1cccc(C(=O)N(C)C)c1)N1CCN(CC(=O)N2CCOCC2)CC1.I. The van der Waals surface area contributed by atoms with Gasteiger partial charge in [0.05, 0.1) is 19.8 Å². The first kappa shape index (κ1) is 27.3. The third-order valence-corrected chi connectivity index (χ3v) is 5.88. The molecule has 0 spiro atoms. The van der Waals surface area contributed by atoms with Crippen molar-refractivity contribution >= 4 is 41.8 Å². The number of hydrogen-bond acceptors (Lipinski definition) is 5. The average molecular weight is 572 g/mol. The Kier molecular flexibility index (Phi) is 11.3. The number of carbonyl (C=O) groups excluding carboxylic acids is 2. The second-order valence-corrected chi connectivity index (χ2v) is 8.38. The van der Waals surface area contributed by atoms with Gasteiger partial charge in [0.1, 0.15) is 0 Å². The fourth-order valence-corrected chi connectivity index (χ4v) is 3.99. The highest BCUT2D eigenvalue weighted by Gasteiger charge is 2.24. The minimum absolute atomic E-state index is 0. The van der Waals surface area contributed by atoms with Crippen LogP contribution in [0.3, 0.4) is 0 Å². The van der Waals surface area contributed by atoms with E-state index in [2.05, 4.69) is 20.1 Å². The first-order chi connectivity index (χ1) is 15.5. The maximum Gasteiger partial charge on any atom is 0.253 e. The third-order valence-electron chi connectivity index (χ3n) is 5.88. The molecule has 0 aromatic heterocycles. The quantitative estimate of drug-likeness (QED) is 0.306. The summed E-state index contributed by atoms with van der Waals surface area (Å²) in [5.41, 5.74) is 1.83. The van der Waals surface area contributed by atoms with Crippen LogP contribution in [0.15, 0.2) is 29.3 Å². The standard InChI is InChI=1S/C23H36N6O3.HI/c1-24-23(25-8-7-19-5-4-6-20(17-19)22(31)26(2)3)29-11-9-27(10-12-29)18-21(30)28-13-15-32-16-14-28;/h4-6,17H,7-16,18H2,1-3H3,(H,24,25);1H. The molecule has 33 heavy (non-hydrogen) atoms. The first-order valence-electron chi connectivity index (χ1n) is 11.3. The topological polar surface area (TPSA) is 80.7 Å². The molecule has 0 unspecified atom stereocenters. The first-order valence-corrected chi connectivity index (χ1v) is 11.3. The second-order valence-electron chi connectivity index (χ2n) is 8.38. The Morgan fingerprint density at radius 3 is 2.39 bits per heavy atom. The van der Waals surface area contributed by atoms with E-state index in [0.717, 1.165) is 50.7 Å². The summed E-state index contributed by atoms with van der Waals surface area (Å²) >= 11 is 0. The largest absolute Gasteiger partial charge is 0.378 e. The molecule has 0 aliphatic carbocycles. The van der Waals surface area contributed by atoms with Crippen LogP contribution >= 0.6 is 24.0 Å². The maximum absolute atomic E-state index is 12.5. The lowest BCUT2D eigenvalue weighted by Crippen LogP contribution is -2.55. The normalized spacial score (nSPS) is 17.4. The Labute approximate surface area is 214 Å². The molecule has 1 aromatic rings. The maximum atomic E-state index is 12.5. The summed E-state index contributed by atoms with van der Waals surface area (Å²) in [6.45, 7) is 7.23. The van der Waals surface area contributed by atoms with Crippen LogP contribution in [0.1, 0.15) is 15.9 Å². The zero-order chi connectivity index (χ0) is 22.9. The average Bonchev–Trinajstić information content (AvgIpc) is 2.82. The fraction of sp³-hybridized carbons (Fsp3) is 0.609. The van der Waals surface area contributed by atoms with Crippen molar-refractivity contribution in [1.82, 2.24) is 24.9 Å². The molecule has 2 amide bonds. The van der Waals surface area contributed by atoms with Gasteiger partial charge in [-0.05, 0) is 24.1 Å². The number of nitrogens with one attached hydrogen (secondary N) is 1. The number of carbonyl (C=O) groups is 2. The Morgan fingerprint density at radius 2 is 1.76 bits per heavy atom. The summed E-state index contributed by atoms with van der Waals surface area (Å²) in [7, 11) is 5.32. The van der Waals surface area contributed by atoms with E-state index in [1.807, 2.05) is 29.2 Å². The monoisotopic (exact) mass is 572 g/mol. The van der Waals surface area contributed by atoms with Gasteiger partial charge in [-0.15, -0.1) is 24.0 Å². The second kappa shape index (κ2) is 13.7.